The fourth-order valence-corrected chi connectivity index (χ4v) is 1.74. The molecule has 0 aromatic carbocycles. The number of aliphatic hydroxyl groups is 2. The van der Waals surface area contributed by atoms with Crippen LogP contribution in [-0.4, -0.2) is 47.0 Å². The lowest BCUT2D eigenvalue weighted by atomic mass is 10.2. The standard InChI is InChI=1S/C8H17NO2/c1-7(5-10)9-4-2-3-8(9)6-11/h7-8,10-11H,2-6H2,1H3. The highest BCUT2D eigenvalue weighted by molar-refractivity contribution is 4.81. The van der Waals surface area contributed by atoms with E-state index in [2.05, 4.69) is 4.90 Å². The number of hydrogen-bond acceptors (Lipinski definition) is 3. The van der Waals surface area contributed by atoms with Gasteiger partial charge in [-0.15, -0.1) is 0 Å². The van der Waals surface area contributed by atoms with Gasteiger partial charge >= 0.3 is 0 Å². The van der Waals surface area contributed by atoms with Crippen LogP contribution in [0.25, 0.3) is 0 Å². The van der Waals surface area contributed by atoms with E-state index in [9.17, 15) is 0 Å². The second-order valence-corrected chi connectivity index (χ2v) is 3.25. The number of likely N-dealkylation sites (tertiary alicyclic amines) is 1. The van der Waals surface area contributed by atoms with Crippen molar-refractivity contribution in [2.24, 2.45) is 0 Å². The minimum atomic E-state index is 0.191. The van der Waals surface area contributed by atoms with E-state index in [0.717, 1.165) is 19.4 Å². The van der Waals surface area contributed by atoms with Gasteiger partial charge in [-0.3, -0.25) is 4.90 Å². The highest BCUT2D eigenvalue weighted by atomic mass is 16.3. The quantitative estimate of drug-likeness (QED) is 0.600. The van der Waals surface area contributed by atoms with Crippen molar-refractivity contribution in [1.82, 2.24) is 4.90 Å². The van der Waals surface area contributed by atoms with Crippen LogP contribution in [0.2, 0.25) is 0 Å². The van der Waals surface area contributed by atoms with Crippen LogP contribution >= 0.6 is 0 Å². The molecule has 66 valence electrons. The Bertz CT molecular complexity index is 119. The smallest absolute Gasteiger partial charge is 0.0587 e. The zero-order valence-corrected chi connectivity index (χ0v) is 7.03. The molecule has 1 saturated heterocycles. The molecular weight excluding hydrogens is 142 g/mol. The molecule has 3 heteroatoms. The summed E-state index contributed by atoms with van der Waals surface area (Å²) in [4.78, 5) is 2.18. The molecule has 0 bridgehead atoms. The number of aliphatic hydroxyl groups excluding tert-OH is 2. The van der Waals surface area contributed by atoms with E-state index >= 15 is 0 Å². The summed E-state index contributed by atoms with van der Waals surface area (Å²) in [5, 5.41) is 17.8. The second kappa shape index (κ2) is 4.04. The Kier molecular flexibility index (Phi) is 3.30. The molecule has 2 N–H and O–H groups in total. The van der Waals surface area contributed by atoms with Gasteiger partial charge in [0.2, 0.25) is 0 Å². The van der Waals surface area contributed by atoms with Gasteiger partial charge in [-0.05, 0) is 26.3 Å². The molecule has 11 heavy (non-hydrogen) atoms. The maximum Gasteiger partial charge on any atom is 0.0587 e. The van der Waals surface area contributed by atoms with Gasteiger partial charge in [0, 0.05) is 12.1 Å². The highest BCUT2D eigenvalue weighted by Crippen LogP contribution is 2.18. The zero-order chi connectivity index (χ0) is 8.27. The van der Waals surface area contributed by atoms with Crippen LogP contribution in [0.4, 0.5) is 0 Å². The van der Waals surface area contributed by atoms with Crippen molar-refractivity contribution in [2.45, 2.75) is 31.8 Å². The predicted molar refractivity (Wildman–Crippen MR) is 43.4 cm³/mol. The third-order valence-electron chi connectivity index (χ3n) is 2.46. The maximum absolute atomic E-state index is 8.96. The Hall–Kier alpha value is -0.120. The molecule has 0 aliphatic carbocycles. The van der Waals surface area contributed by atoms with Crippen molar-refractivity contribution in [3.8, 4) is 0 Å². The highest BCUT2D eigenvalue weighted by Gasteiger charge is 2.26. The van der Waals surface area contributed by atoms with E-state index in [1.807, 2.05) is 6.92 Å². The summed E-state index contributed by atoms with van der Waals surface area (Å²) >= 11 is 0. The molecule has 1 aliphatic rings. The molecule has 1 fully saturated rings. The van der Waals surface area contributed by atoms with Crippen LogP contribution < -0.4 is 0 Å². The molecule has 0 spiro atoms. The number of rotatable bonds is 3. The van der Waals surface area contributed by atoms with Crippen LogP contribution in [0.5, 0.6) is 0 Å². The van der Waals surface area contributed by atoms with Crippen molar-refractivity contribution in [3.05, 3.63) is 0 Å². The molecule has 1 heterocycles. The molecule has 0 saturated carbocycles. The van der Waals surface area contributed by atoms with Crippen LogP contribution in [0.3, 0.4) is 0 Å². The Morgan fingerprint density at radius 1 is 1.55 bits per heavy atom. The number of hydrogen-bond donors (Lipinski definition) is 2. The third-order valence-corrected chi connectivity index (χ3v) is 2.46. The molecule has 2 atom stereocenters. The summed E-state index contributed by atoms with van der Waals surface area (Å²) < 4.78 is 0. The monoisotopic (exact) mass is 159 g/mol. The zero-order valence-electron chi connectivity index (χ0n) is 7.03. The molecule has 0 aromatic heterocycles. The average Bonchev–Trinajstić information content (AvgIpc) is 2.50. The molecular formula is C8H17NO2. The maximum atomic E-state index is 8.96. The Morgan fingerprint density at radius 3 is 2.82 bits per heavy atom. The van der Waals surface area contributed by atoms with Gasteiger partial charge in [0.05, 0.1) is 13.2 Å². The van der Waals surface area contributed by atoms with Crippen LogP contribution in [-0.2, 0) is 0 Å². The fourth-order valence-electron chi connectivity index (χ4n) is 1.74. The van der Waals surface area contributed by atoms with Gasteiger partial charge in [0.15, 0.2) is 0 Å². The van der Waals surface area contributed by atoms with Crippen molar-refractivity contribution in [3.63, 3.8) is 0 Å². The SMILES string of the molecule is CC(CO)N1CCCC1CO. The second-order valence-electron chi connectivity index (χ2n) is 3.25. The summed E-state index contributed by atoms with van der Waals surface area (Å²) in [7, 11) is 0. The molecule has 1 aliphatic heterocycles. The van der Waals surface area contributed by atoms with Crippen molar-refractivity contribution in [1.29, 1.82) is 0 Å². The largest absolute Gasteiger partial charge is 0.395 e. The van der Waals surface area contributed by atoms with Gasteiger partial charge in [-0.2, -0.15) is 0 Å². The summed E-state index contributed by atoms with van der Waals surface area (Å²) in [6.07, 6.45) is 2.22. The first-order chi connectivity index (χ1) is 5.29. The molecule has 1 rings (SSSR count). The van der Waals surface area contributed by atoms with Crippen molar-refractivity contribution >= 4 is 0 Å². The van der Waals surface area contributed by atoms with Crippen LogP contribution in [0.1, 0.15) is 19.8 Å². The normalized spacial score (nSPS) is 29.2. The minimum Gasteiger partial charge on any atom is -0.395 e. The van der Waals surface area contributed by atoms with E-state index in [1.165, 1.54) is 0 Å². The molecule has 0 amide bonds. The van der Waals surface area contributed by atoms with Gasteiger partial charge in [0.25, 0.3) is 0 Å². The first-order valence-electron chi connectivity index (χ1n) is 4.27. The van der Waals surface area contributed by atoms with E-state index in [0.29, 0.717) is 0 Å². The Morgan fingerprint density at radius 2 is 2.27 bits per heavy atom. The molecule has 3 nitrogen and oxygen atoms in total. The average molecular weight is 159 g/mol. The molecule has 2 unspecified atom stereocenters. The summed E-state index contributed by atoms with van der Waals surface area (Å²) in [5.41, 5.74) is 0. The Labute approximate surface area is 67.6 Å². The van der Waals surface area contributed by atoms with Crippen molar-refractivity contribution in [2.75, 3.05) is 19.8 Å². The Balaban J connectivity index is 2.42. The minimum absolute atomic E-state index is 0.191. The van der Waals surface area contributed by atoms with Gasteiger partial charge in [-0.25, -0.2) is 0 Å². The van der Waals surface area contributed by atoms with Crippen molar-refractivity contribution < 1.29 is 10.2 Å². The molecule has 0 aromatic rings. The lowest BCUT2D eigenvalue weighted by Gasteiger charge is -2.27. The van der Waals surface area contributed by atoms with Gasteiger partial charge in [0.1, 0.15) is 0 Å². The van der Waals surface area contributed by atoms with E-state index in [1.54, 1.807) is 0 Å². The first kappa shape index (κ1) is 8.97. The van der Waals surface area contributed by atoms with E-state index in [4.69, 9.17) is 10.2 Å². The van der Waals surface area contributed by atoms with E-state index in [-0.39, 0.29) is 25.3 Å². The van der Waals surface area contributed by atoms with Gasteiger partial charge in [-0.1, -0.05) is 0 Å². The third kappa shape index (κ3) is 1.92. The van der Waals surface area contributed by atoms with Gasteiger partial charge < -0.3 is 10.2 Å². The topological polar surface area (TPSA) is 43.7 Å². The van der Waals surface area contributed by atoms with Crippen LogP contribution in [0, 0.1) is 0 Å². The summed E-state index contributed by atoms with van der Waals surface area (Å²) in [6, 6.07) is 0.492. The predicted octanol–water partition coefficient (Wildman–Crippen LogP) is -0.176. The summed E-state index contributed by atoms with van der Waals surface area (Å²) in [6.45, 7) is 3.43. The van der Waals surface area contributed by atoms with E-state index < -0.39 is 0 Å². The first-order valence-corrected chi connectivity index (χ1v) is 4.27. The lowest BCUT2D eigenvalue weighted by molar-refractivity contribution is 0.0898. The lowest BCUT2D eigenvalue weighted by Crippen LogP contribution is -2.41. The fraction of sp³-hybridized carbons (Fsp3) is 1.00. The molecule has 0 radical (unpaired) electrons. The summed E-state index contributed by atoms with van der Waals surface area (Å²) in [5.74, 6) is 0. The number of nitrogens with zero attached hydrogens (tertiary/aromatic N) is 1. The van der Waals surface area contributed by atoms with Crippen LogP contribution in [0.15, 0.2) is 0 Å².